The van der Waals surface area contributed by atoms with Crippen molar-refractivity contribution in [3.63, 3.8) is 0 Å². The molecule has 0 fully saturated rings. The SMILES string of the molecule is CCOC(=O)c1cc(Cl)nn2c([N+](=O)[O-])cnc12. The first-order valence-corrected chi connectivity index (χ1v) is 5.28. The van der Waals surface area contributed by atoms with E-state index >= 15 is 0 Å². The minimum Gasteiger partial charge on any atom is -0.462 e. The summed E-state index contributed by atoms with van der Waals surface area (Å²) in [5, 5.41) is 14.4. The van der Waals surface area contributed by atoms with E-state index in [4.69, 9.17) is 16.3 Å². The van der Waals surface area contributed by atoms with Crippen molar-refractivity contribution in [2.24, 2.45) is 0 Å². The average molecular weight is 271 g/mol. The number of imidazole rings is 1. The largest absolute Gasteiger partial charge is 0.462 e. The van der Waals surface area contributed by atoms with Gasteiger partial charge in [-0.1, -0.05) is 21.2 Å². The Morgan fingerprint density at radius 2 is 2.39 bits per heavy atom. The molecule has 0 saturated heterocycles. The van der Waals surface area contributed by atoms with Gasteiger partial charge in [0.25, 0.3) is 5.65 Å². The second kappa shape index (κ2) is 4.57. The molecule has 0 atom stereocenters. The molecule has 18 heavy (non-hydrogen) atoms. The zero-order valence-electron chi connectivity index (χ0n) is 9.16. The molecule has 0 aliphatic carbocycles. The summed E-state index contributed by atoms with van der Waals surface area (Å²) in [6, 6.07) is 1.26. The molecule has 0 N–H and O–H groups in total. The first-order chi connectivity index (χ1) is 8.54. The van der Waals surface area contributed by atoms with Crippen LogP contribution in [0.25, 0.3) is 5.65 Å². The van der Waals surface area contributed by atoms with E-state index in [1.165, 1.54) is 6.07 Å². The predicted octanol–water partition coefficient (Wildman–Crippen LogP) is 1.47. The van der Waals surface area contributed by atoms with Gasteiger partial charge in [-0.3, -0.25) is 0 Å². The Kier molecular flexibility index (Phi) is 3.11. The van der Waals surface area contributed by atoms with E-state index in [-0.39, 0.29) is 28.8 Å². The van der Waals surface area contributed by atoms with Crippen molar-refractivity contribution < 1.29 is 14.5 Å². The number of rotatable bonds is 3. The van der Waals surface area contributed by atoms with Crippen molar-refractivity contribution in [2.45, 2.75) is 6.92 Å². The molecule has 94 valence electrons. The van der Waals surface area contributed by atoms with Crippen LogP contribution in [0.15, 0.2) is 12.3 Å². The lowest BCUT2D eigenvalue weighted by Gasteiger charge is -2.01. The molecular weight excluding hydrogens is 264 g/mol. The molecule has 0 amide bonds. The van der Waals surface area contributed by atoms with Crippen LogP contribution in [0.1, 0.15) is 17.3 Å². The van der Waals surface area contributed by atoms with Crippen LogP contribution in [0.2, 0.25) is 5.15 Å². The van der Waals surface area contributed by atoms with Gasteiger partial charge in [0.05, 0.1) is 6.61 Å². The predicted molar refractivity (Wildman–Crippen MR) is 60.6 cm³/mol. The quantitative estimate of drug-likeness (QED) is 0.476. The Morgan fingerprint density at radius 1 is 1.67 bits per heavy atom. The molecule has 2 rings (SSSR count). The van der Waals surface area contributed by atoms with Gasteiger partial charge in [0, 0.05) is 6.07 Å². The van der Waals surface area contributed by atoms with Crippen molar-refractivity contribution >= 4 is 29.0 Å². The number of esters is 1. The molecule has 0 bridgehead atoms. The van der Waals surface area contributed by atoms with Gasteiger partial charge < -0.3 is 14.9 Å². The lowest BCUT2D eigenvalue weighted by atomic mass is 10.3. The number of nitrogens with zero attached hydrogens (tertiary/aromatic N) is 4. The van der Waals surface area contributed by atoms with Crippen LogP contribution in [0.3, 0.4) is 0 Å². The third-order valence-electron chi connectivity index (χ3n) is 2.10. The van der Waals surface area contributed by atoms with Gasteiger partial charge in [-0.25, -0.2) is 9.78 Å². The Morgan fingerprint density at radius 3 is 3.00 bits per heavy atom. The van der Waals surface area contributed by atoms with Crippen LogP contribution in [0.4, 0.5) is 5.82 Å². The molecule has 2 aromatic heterocycles. The third-order valence-corrected chi connectivity index (χ3v) is 2.29. The summed E-state index contributed by atoms with van der Waals surface area (Å²) in [6.07, 6.45) is 1.00. The van der Waals surface area contributed by atoms with E-state index in [1.807, 2.05) is 0 Å². The highest BCUT2D eigenvalue weighted by Gasteiger charge is 2.24. The highest BCUT2D eigenvalue weighted by molar-refractivity contribution is 6.29. The summed E-state index contributed by atoms with van der Waals surface area (Å²) in [5.41, 5.74) is 0.0644. The van der Waals surface area contributed by atoms with E-state index in [1.54, 1.807) is 6.92 Å². The summed E-state index contributed by atoms with van der Waals surface area (Å²) < 4.78 is 5.71. The van der Waals surface area contributed by atoms with Gasteiger partial charge in [-0.05, 0) is 11.8 Å². The monoisotopic (exact) mass is 270 g/mol. The molecule has 8 nitrogen and oxygen atoms in total. The number of carbonyl (C=O) groups is 1. The smallest absolute Gasteiger partial charge is 0.368 e. The minimum atomic E-state index is -0.668. The van der Waals surface area contributed by atoms with Crippen LogP contribution in [0.5, 0.6) is 0 Å². The first kappa shape index (κ1) is 12.2. The Hall–Kier alpha value is -2.22. The normalized spacial score (nSPS) is 10.6. The molecule has 0 saturated carbocycles. The standard InChI is InChI=1S/C9H7ClN4O4/c1-2-18-9(15)5-3-6(10)12-13-7(14(16)17)4-11-8(5)13/h3-4H,2H2,1H3. The van der Waals surface area contributed by atoms with Gasteiger partial charge >= 0.3 is 11.8 Å². The average Bonchev–Trinajstić information content (AvgIpc) is 2.71. The van der Waals surface area contributed by atoms with E-state index in [0.717, 1.165) is 10.7 Å². The highest BCUT2D eigenvalue weighted by atomic mass is 35.5. The zero-order chi connectivity index (χ0) is 13.3. The number of ether oxygens (including phenoxy) is 1. The van der Waals surface area contributed by atoms with Crippen molar-refractivity contribution in [1.29, 1.82) is 0 Å². The van der Waals surface area contributed by atoms with Crippen molar-refractivity contribution in [3.8, 4) is 0 Å². The number of carbonyl (C=O) groups excluding carboxylic acids is 1. The van der Waals surface area contributed by atoms with Crippen molar-refractivity contribution in [1.82, 2.24) is 14.6 Å². The van der Waals surface area contributed by atoms with Crippen LogP contribution < -0.4 is 0 Å². The molecule has 0 aliphatic heterocycles. The molecule has 2 heterocycles. The van der Waals surface area contributed by atoms with Gasteiger partial charge in [0.1, 0.15) is 11.8 Å². The van der Waals surface area contributed by atoms with Gasteiger partial charge in [0.2, 0.25) is 0 Å². The molecule has 0 aliphatic rings. The lowest BCUT2D eigenvalue weighted by Crippen LogP contribution is -2.09. The van der Waals surface area contributed by atoms with E-state index in [2.05, 4.69) is 10.1 Å². The summed E-state index contributed by atoms with van der Waals surface area (Å²) in [5.74, 6) is -1.04. The number of hydrogen-bond donors (Lipinski definition) is 0. The van der Waals surface area contributed by atoms with Gasteiger partial charge in [-0.2, -0.15) is 0 Å². The van der Waals surface area contributed by atoms with Crippen LogP contribution in [0, 0.1) is 10.1 Å². The zero-order valence-corrected chi connectivity index (χ0v) is 9.92. The van der Waals surface area contributed by atoms with E-state index in [0.29, 0.717) is 0 Å². The fourth-order valence-corrected chi connectivity index (χ4v) is 1.60. The van der Waals surface area contributed by atoms with Crippen LogP contribution in [-0.2, 0) is 4.74 Å². The Balaban J connectivity index is 2.68. The minimum absolute atomic E-state index is 0.0320. The maximum Gasteiger partial charge on any atom is 0.368 e. The summed E-state index contributed by atoms with van der Waals surface area (Å²) in [6.45, 7) is 1.82. The molecular formula is C9H7ClN4O4. The van der Waals surface area contributed by atoms with Gasteiger partial charge in [-0.15, -0.1) is 0 Å². The Labute approximate surface area is 105 Å². The fourth-order valence-electron chi connectivity index (χ4n) is 1.41. The van der Waals surface area contributed by atoms with Crippen LogP contribution >= 0.6 is 11.6 Å². The topological polar surface area (TPSA) is 99.6 Å². The summed E-state index contributed by atoms with van der Waals surface area (Å²) >= 11 is 5.71. The van der Waals surface area contributed by atoms with E-state index < -0.39 is 10.9 Å². The maximum atomic E-state index is 11.7. The molecule has 0 spiro atoms. The number of nitro groups is 1. The number of halogens is 1. The Bertz CT molecular complexity index is 639. The third kappa shape index (κ3) is 1.97. The second-order valence-electron chi connectivity index (χ2n) is 3.21. The molecule has 9 heteroatoms. The number of hydrogen-bond acceptors (Lipinski definition) is 6. The number of fused-ring (bicyclic) bond motifs is 1. The first-order valence-electron chi connectivity index (χ1n) is 4.90. The molecule has 0 unspecified atom stereocenters. The molecule has 0 aromatic carbocycles. The highest BCUT2D eigenvalue weighted by Crippen LogP contribution is 2.20. The van der Waals surface area contributed by atoms with Crippen molar-refractivity contribution in [2.75, 3.05) is 6.61 Å². The van der Waals surface area contributed by atoms with Gasteiger partial charge in [0.15, 0.2) is 5.15 Å². The molecule has 0 radical (unpaired) electrons. The lowest BCUT2D eigenvalue weighted by molar-refractivity contribution is -0.391. The van der Waals surface area contributed by atoms with Crippen molar-refractivity contribution in [3.05, 3.63) is 33.1 Å². The summed E-state index contributed by atoms with van der Waals surface area (Å²) in [4.78, 5) is 25.5. The maximum absolute atomic E-state index is 11.7. The second-order valence-corrected chi connectivity index (χ2v) is 3.60. The van der Waals surface area contributed by atoms with Crippen LogP contribution in [-0.4, -0.2) is 32.1 Å². The fraction of sp³-hybridized carbons (Fsp3) is 0.222. The van der Waals surface area contributed by atoms with E-state index in [9.17, 15) is 14.9 Å². The molecule has 2 aromatic rings. The summed E-state index contributed by atoms with van der Waals surface area (Å²) in [7, 11) is 0. The number of aromatic nitrogens is 3.